The average molecular weight is 365 g/mol. The zero-order valence-corrected chi connectivity index (χ0v) is 13.5. The van der Waals surface area contributed by atoms with Crippen molar-refractivity contribution in [2.45, 2.75) is 25.0 Å². The number of rotatable bonds is 7. The molecule has 4 nitrogen and oxygen atoms in total. The van der Waals surface area contributed by atoms with E-state index in [4.69, 9.17) is 21.1 Å². The molecule has 0 aliphatic carbocycles. The second-order valence-corrected chi connectivity index (χ2v) is 6.10. The van der Waals surface area contributed by atoms with Crippen LogP contribution in [0.1, 0.15) is 12.8 Å². The van der Waals surface area contributed by atoms with Crippen LogP contribution >= 0.6 is 27.5 Å². The van der Waals surface area contributed by atoms with E-state index in [-0.39, 0.29) is 6.10 Å². The summed E-state index contributed by atoms with van der Waals surface area (Å²) in [6.07, 6.45) is 1.80. The van der Waals surface area contributed by atoms with Gasteiger partial charge in [0.15, 0.2) is 0 Å². The summed E-state index contributed by atoms with van der Waals surface area (Å²) in [7, 11) is 0. The lowest BCUT2D eigenvalue weighted by atomic mass is 10.2. The van der Waals surface area contributed by atoms with E-state index < -0.39 is 6.10 Å². The highest BCUT2D eigenvalue weighted by Crippen LogP contribution is 2.25. The third kappa shape index (κ3) is 5.22. The van der Waals surface area contributed by atoms with Crippen molar-refractivity contribution in [3.05, 3.63) is 27.7 Å². The average Bonchev–Trinajstić information content (AvgIpc) is 2.93. The number of anilines is 1. The van der Waals surface area contributed by atoms with E-state index in [0.29, 0.717) is 24.8 Å². The van der Waals surface area contributed by atoms with Gasteiger partial charge in [-0.15, -0.1) is 0 Å². The third-order valence-electron chi connectivity index (χ3n) is 3.10. The first kappa shape index (κ1) is 16.0. The van der Waals surface area contributed by atoms with E-state index in [1.165, 1.54) is 0 Å². The van der Waals surface area contributed by atoms with Crippen LogP contribution in [-0.2, 0) is 9.47 Å². The summed E-state index contributed by atoms with van der Waals surface area (Å²) in [5, 5.41) is 13.6. The maximum Gasteiger partial charge on any atom is 0.0945 e. The van der Waals surface area contributed by atoms with E-state index in [2.05, 4.69) is 21.2 Å². The van der Waals surface area contributed by atoms with E-state index in [0.717, 1.165) is 29.6 Å². The van der Waals surface area contributed by atoms with Crippen molar-refractivity contribution in [3.63, 3.8) is 0 Å². The smallest absolute Gasteiger partial charge is 0.0945 e. The maximum absolute atomic E-state index is 9.84. The molecule has 2 N–H and O–H groups in total. The van der Waals surface area contributed by atoms with E-state index in [9.17, 15) is 5.11 Å². The Morgan fingerprint density at radius 2 is 2.40 bits per heavy atom. The predicted molar refractivity (Wildman–Crippen MR) is 83.4 cm³/mol. The molecule has 1 aliphatic rings. The molecule has 112 valence electrons. The molecule has 0 amide bonds. The van der Waals surface area contributed by atoms with Crippen LogP contribution in [0, 0.1) is 0 Å². The van der Waals surface area contributed by atoms with Crippen molar-refractivity contribution in [1.29, 1.82) is 0 Å². The van der Waals surface area contributed by atoms with Crippen LogP contribution in [0.25, 0.3) is 0 Å². The number of benzene rings is 1. The normalized spacial score (nSPS) is 20.1. The van der Waals surface area contributed by atoms with Gasteiger partial charge in [-0.25, -0.2) is 0 Å². The molecular weight excluding hydrogens is 346 g/mol. The first-order valence-corrected chi connectivity index (χ1v) is 7.88. The van der Waals surface area contributed by atoms with Crippen LogP contribution in [0.15, 0.2) is 22.7 Å². The van der Waals surface area contributed by atoms with Crippen LogP contribution in [0.5, 0.6) is 0 Å². The molecule has 6 heteroatoms. The van der Waals surface area contributed by atoms with Gasteiger partial charge in [-0.3, -0.25) is 0 Å². The minimum absolute atomic E-state index is 0.197. The maximum atomic E-state index is 9.84. The van der Waals surface area contributed by atoms with Gasteiger partial charge in [-0.05, 0) is 47.0 Å². The largest absolute Gasteiger partial charge is 0.389 e. The number of nitrogens with one attached hydrogen (secondary N) is 1. The Hall–Kier alpha value is -0.330. The minimum Gasteiger partial charge on any atom is -0.389 e. The lowest BCUT2D eigenvalue weighted by Gasteiger charge is -2.15. The molecule has 1 aliphatic heterocycles. The summed E-state index contributed by atoms with van der Waals surface area (Å²) in [6, 6.07) is 5.55. The van der Waals surface area contributed by atoms with Crippen molar-refractivity contribution in [2.24, 2.45) is 0 Å². The molecule has 1 heterocycles. The van der Waals surface area contributed by atoms with E-state index in [1.807, 2.05) is 12.1 Å². The molecule has 1 saturated heterocycles. The summed E-state index contributed by atoms with van der Waals surface area (Å²) in [5.41, 5.74) is 0.902. The summed E-state index contributed by atoms with van der Waals surface area (Å²) in [4.78, 5) is 0. The minimum atomic E-state index is -0.550. The summed E-state index contributed by atoms with van der Waals surface area (Å²) in [5.74, 6) is 0. The molecule has 1 fully saturated rings. The van der Waals surface area contributed by atoms with Gasteiger partial charge in [-0.1, -0.05) is 11.6 Å². The number of ether oxygens (including phenoxy) is 2. The standard InChI is InChI=1S/C14H19BrClNO3/c15-13-6-10(3-4-14(13)16)17-7-11(18)8-19-9-12-2-1-5-20-12/h3-4,6,11-12,17-18H,1-2,5,7-9H2. The lowest BCUT2D eigenvalue weighted by Crippen LogP contribution is -2.27. The van der Waals surface area contributed by atoms with Crippen molar-refractivity contribution < 1.29 is 14.6 Å². The first-order valence-electron chi connectivity index (χ1n) is 6.71. The highest BCUT2D eigenvalue weighted by Gasteiger charge is 2.16. The number of halogens is 2. The zero-order valence-electron chi connectivity index (χ0n) is 11.1. The molecule has 2 atom stereocenters. The Morgan fingerprint density at radius 3 is 3.10 bits per heavy atom. The summed E-state index contributed by atoms with van der Waals surface area (Å²) >= 11 is 9.28. The van der Waals surface area contributed by atoms with Gasteiger partial charge in [0.25, 0.3) is 0 Å². The fourth-order valence-electron chi connectivity index (χ4n) is 2.01. The van der Waals surface area contributed by atoms with Crippen molar-refractivity contribution >= 4 is 33.2 Å². The Kier molecular flexibility index (Phi) is 6.58. The number of aliphatic hydroxyl groups excluding tert-OH is 1. The molecule has 1 aromatic carbocycles. The molecule has 1 aromatic rings. The van der Waals surface area contributed by atoms with Crippen LogP contribution < -0.4 is 5.32 Å². The molecular formula is C14H19BrClNO3. The van der Waals surface area contributed by atoms with Crippen molar-refractivity contribution in [1.82, 2.24) is 0 Å². The van der Waals surface area contributed by atoms with Gasteiger partial charge < -0.3 is 19.9 Å². The Labute approximate surface area is 132 Å². The second-order valence-electron chi connectivity index (χ2n) is 4.84. The van der Waals surface area contributed by atoms with Crippen molar-refractivity contribution in [3.8, 4) is 0 Å². The predicted octanol–water partition coefficient (Wildman–Crippen LogP) is 3.07. The van der Waals surface area contributed by atoms with Crippen molar-refractivity contribution in [2.75, 3.05) is 31.7 Å². The highest BCUT2D eigenvalue weighted by molar-refractivity contribution is 9.10. The molecule has 0 saturated carbocycles. The molecule has 0 radical (unpaired) electrons. The van der Waals surface area contributed by atoms with E-state index >= 15 is 0 Å². The molecule has 0 bridgehead atoms. The fourth-order valence-corrected chi connectivity index (χ4v) is 2.51. The second kappa shape index (κ2) is 8.20. The molecule has 0 spiro atoms. The van der Waals surface area contributed by atoms with Gasteiger partial charge in [0.1, 0.15) is 0 Å². The van der Waals surface area contributed by atoms with Gasteiger partial charge in [-0.2, -0.15) is 0 Å². The Balaban J connectivity index is 1.63. The van der Waals surface area contributed by atoms with Crippen LogP contribution in [0.3, 0.4) is 0 Å². The summed E-state index contributed by atoms with van der Waals surface area (Å²) < 4.78 is 11.7. The number of hydrogen-bond donors (Lipinski definition) is 2. The third-order valence-corrected chi connectivity index (χ3v) is 4.31. The van der Waals surface area contributed by atoms with Gasteiger partial charge in [0.2, 0.25) is 0 Å². The molecule has 2 unspecified atom stereocenters. The lowest BCUT2D eigenvalue weighted by molar-refractivity contribution is -0.0137. The molecule has 2 rings (SSSR count). The first-order chi connectivity index (χ1) is 9.65. The number of hydrogen-bond acceptors (Lipinski definition) is 4. The SMILES string of the molecule is OC(CNc1ccc(Cl)c(Br)c1)COCC1CCCO1. The Morgan fingerprint density at radius 1 is 1.55 bits per heavy atom. The molecule has 0 aromatic heterocycles. The quantitative estimate of drug-likeness (QED) is 0.781. The van der Waals surface area contributed by atoms with Crippen LogP contribution in [0.2, 0.25) is 5.02 Å². The summed E-state index contributed by atoms with van der Waals surface area (Å²) in [6.45, 7) is 2.12. The number of aliphatic hydroxyl groups is 1. The van der Waals surface area contributed by atoms with Gasteiger partial charge in [0.05, 0.1) is 30.4 Å². The Bertz CT molecular complexity index is 427. The topological polar surface area (TPSA) is 50.7 Å². The highest BCUT2D eigenvalue weighted by atomic mass is 79.9. The van der Waals surface area contributed by atoms with E-state index in [1.54, 1.807) is 6.07 Å². The fraction of sp³-hybridized carbons (Fsp3) is 0.571. The van der Waals surface area contributed by atoms with Gasteiger partial charge in [0, 0.05) is 23.3 Å². The van der Waals surface area contributed by atoms with Crippen LogP contribution in [0.4, 0.5) is 5.69 Å². The van der Waals surface area contributed by atoms with Crippen LogP contribution in [-0.4, -0.2) is 43.7 Å². The monoisotopic (exact) mass is 363 g/mol. The van der Waals surface area contributed by atoms with Gasteiger partial charge >= 0.3 is 0 Å². The zero-order chi connectivity index (χ0) is 14.4. The molecule has 20 heavy (non-hydrogen) atoms.